The van der Waals surface area contributed by atoms with Crippen LogP contribution in [0.5, 0.6) is 0 Å². The number of unbranched alkanes of at least 4 members (excludes halogenated alkanes) is 1. The van der Waals surface area contributed by atoms with Crippen molar-refractivity contribution >= 4 is 11.4 Å². The van der Waals surface area contributed by atoms with E-state index in [-0.39, 0.29) is 5.54 Å². The first kappa shape index (κ1) is 25.2. The first-order chi connectivity index (χ1) is 14.3. The molecule has 0 saturated heterocycles. The Morgan fingerprint density at radius 1 is 1.23 bits per heavy atom. The zero-order valence-corrected chi connectivity index (χ0v) is 19.5. The zero-order valence-electron chi connectivity index (χ0n) is 19.5. The summed E-state index contributed by atoms with van der Waals surface area (Å²) >= 11 is 0. The van der Waals surface area contributed by atoms with Gasteiger partial charge in [-0.25, -0.2) is 5.84 Å². The molecule has 0 amide bonds. The molecule has 0 spiro atoms. The number of benzene rings is 1. The van der Waals surface area contributed by atoms with E-state index in [2.05, 4.69) is 81.9 Å². The summed E-state index contributed by atoms with van der Waals surface area (Å²) in [5, 5.41) is 3.76. The topological polar surface area (TPSA) is 79.7 Å². The number of nitrogens with two attached hydrogens (primary N) is 2. The molecule has 1 aromatic carbocycles. The van der Waals surface area contributed by atoms with E-state index in [1.54, 1.807) is 0 Å². The number of nitrogens with one attached hydrogen (secondary N) is 1. The summed E-state index contributed by atoms with van der Waals surface area (Å²) in [6, 6.07) is 7.90. The highest BCUT2D eigenvalue weighted by Crippen LogP contribution is 2.30. The number of allylic oxidation sites excluding steroid dienone is 5. The molecular weight excluding hydrogens is 370 g/mol. The van der Waals surface area contributed by atoms with Crippen LogP contribution in [0.2, 0.25) is 0 Å². The van der Waals surface area contributed by atoms with Crippen LogP contribution in [0.3, 0.4) is 0 Å². The van der Waals surface area contributed by atoms with Gasteiger partial charge in [0.25, 0.3) is 0 Å². The molecule has 0 aromatic heterocycles. The molecule has 5 nitrogen and oxygen atoms in total. The van der Waals surface area contributed by atoms with Gasteiger partial charge >= 0.3 is 0 Å². The molecule has 0 aliphatic rings. The Kier molecular flexibility index (Phi) is 10.1. The van der Waals surface area contributed by atoms with Crippen molar-refractivity contribution < 1.29 is 0 Å². The van der Waals surface area contributed by atoms with Gasteiger partial charge in [-0.2, -0.15) is 5.10 Å². The van der Waals surface area contributed by atoms with E-state index in [1.165, 1.54) is 18.5 Å². The average Bonchev–Trinajstić information content (AvgIpc) is 2.75. The zero-order chi connectivity index (χ0) is 22.7. The number of hydrogen-bond acceptors (Lipinski definition) is 4. The molecule has 0 saturated carbocycles. The van der Waals surface area contributed by atoms with Crippen LogP contribution in [0, 0.1) is 0 Å². The van der Waals surface area contributed by atoms with E-state index >= 15 is 0 Å². The predicted molar refractivity (Wildman–Crippen MR) is 132 cm³/mol. The number of hydrazine groups is 1. The van der Waals surface area contributed by atoms with Gasteiger partial charge in [-0.3, -0.25) is 0 Å². The summed E-state index contributed by atoms with van der Waals surface area (Å²) in [5.41, 5.74) is 7.81. The molecule has 0 heterocycles. The first-order valence-electron chi connectivity index (χ1n) is 10.5. The normalized spacial score (nSPS) is 14.0. The molecule has 0 unspecified atom stereocenters. The van der Waals surface area contributed by atoms with E-state index < -0.39 is 0 Å². The molecule has 1 aromatic rings. The molecule has 30 heavy (non-hydrogen) atoms. The summed E-state index contributed by atoms with van der Waals surface area (Å²) in [6.07, 6.45) is 11.8. The quantitative estimate of drug-likeness (QED) is 0.165. The van der Waals surface area contributed by atoms with Gasteiger partial charge in [0, 0.05) is 18.3 Å². The molecule has 0 fully saturated rings. The number of nitrogens with zero attached hydrogens (tertiary/aromatic N) is 2. The average molecular weight is 410 g/mol. The van der Waals surface area contributed by atoms with Crippen molar-refractivity contribution in [2.75, 3.05) is 7.05 Å². The minimum Gasteiger partial charge on any atom is -0.369 e. The molecule has 0 aliphatic carbocycles. The largest absolute Gasteiger partial charge is 0.369 e. The lowest BCUT2D eigenvalue weighted by Crippen LogP contribution is -2.41. The fraction of sp³-hybridized carbons (Fsp3) is 0.400. The van der Waals surface area contributed by atoms with Gasteiger partial charge in [-0.15, -0.1) is 0 Å². The second-order valence-corrected chi connectivity index (χ2v) is 7.85. The Labute approximate surface area is 182 Å². The Morgan fingerprint density at radius 2 is 1.87 bits per heavy atom. The van der Waals surface area contributed by atoms with Gasteiger partial charge in [0.15, 0.2) is 5.84 Å². The monoisotopic (exact) mass is 409 g/mol. The maximum atomic E-state index is 5.58. The number of amidine groups is 1. The SMILES string of the molecule is C=C/C(=C\C=C(/C)c1ccccc1C(=NN)NN)C(C)(C)N(C)/C(=C\C)CCCC. The van der Waals surface area contributed by atoms with E-state index in [1.807, 2.05) is 30.3 Å². The van der Waals surface area contributed by atoms with Crippen molar-refractivity contribution in [3.63, 3.8) is 0 Å². The highest BCUT2D eigenvalue weighted by Gasteiger charge is 2.27. The van der Waals surface area contributed by atoms with E-state index in [0.29, 0.717) is 5.84 Å². The molecule has 5 heteroatoms. The molecule has 0 atom stereocenters. The number of hydrazone groups is 1. The van der Waals surface area contributed by atoms with Gasteiger partial charge in [0.1, 0.15) is 0 Å². The second kappa shape index (κ2) is 12.0. The summed E-state index contributed by atoms with van der Waals surface area (Å²) < 4.78 is 0. The smallest absolute Gasteiger partial charge is 0.167 e. The van der Waals surface area contributed by atoms with Gasteiger partial charge in [0.05, 0.1) is 5.54 Å². The molecule has 0 aliphatic heterocycles. The maximum absolute atomic E-state index is 5.58. The fourth-order valence-electron chi connectivity index (χ4n) is 3.46. The fourth-order valence-corrected chi connectivity index (χ4v) is 3.46. The lowest BCUT2D eigenvalue weighted by atomic mass is 9.89. The van der Waals surface area contributed by atoms with Crippen LogP contribution in [0.1, 0.15) is 65.0 Å². The third-order valence-electron chi connectivity index (χ3n) is 5.70. The molecule has 5 N–H and O–H groups in total. The van der Waals surface area contributed by atoms with Crippen LogP contribution in [0.4, 0.5) is 0 Å². The Bertz CT molecular complexity index is 828. The third kappa shape index (κ3) is 6.10. The highest BCUT2D eigenvalue weighted by molar-refractivity contribution is 6.02. The molecule has 0 radical (unpaired) electrons. The lowest BCUT2D eigenvalue weighted by Gasteiger charge is -2.40. The first-order valence-corrected chi connectivity index (χ1v) is 10.5. The number of likely N-dealkylation sites (N-methyl/N-ethyl adjacent to an activating group) is 1. The van der Waals surface area contributed by atoms with Gasteiger partial charge in [0.2, 0.25) is 0 Å². The van der Waals surface area contributed by atoms with E-state index in [4.69, 9.17) is 11.7 Å². The third-order valence-corrected chi connectivity index (χ3v) is 5.70. The van der Waals surface area contributed by atoms with Crippen molar-refractivity contribution in [2.24, 2.45) is 16.8 Å². The highest BCUT2D eigenvalue weighted by atomic mass is 15.3. The minimum absolute atomic E-state index is 0.198. The maximum Gasteiger partial charge on any atom is 0.167 e. The summed E-state index contributed by atoms with van der Waals surface area (Å²) in [4.78, 5) is 2.35. The Hall–Kier alpha value is -2.79. The molecular formula is C25H39N5. The van der Waals surface area contributed by atoms with Crippen LogP contribution < -0.4 is 17.1 Å². The van der Waals surface area contributed by atoms with Crippen LogP contribution in [0.15, 0.2) is 71.5 Å². The van der Waals surface area contributed by atoms with E-state index in [9.17, 15) is 0 Å². The van der Waals surface area contributed by atoms with Gasteiger partial charge < -0.3 is 16.2 Å². The van der Waals surface area contributed by atoms with Crippen molar-refractivity contribution in [1.82, 2.24) is 10.3 Å². The second-order valence-electron chi connectivity index (χ2n) is 7.85. The van der Waals surface area contributed by atoms with Crippen LogP contribution in [-0.4, -0.2) is 23.3 Å². The number of hydrogen-bond donors (Lipinski definition) is 3. The standard InChI is InChI=1S/C25H39N5/c1-8-11-14-21(10-3)30(7)25(5,6)20(9-2)18-17-19(4)22-15-12-13-16-23(22)24(28-26)29-27/h9-10,12-13,15-18H,2,8,11,14,26-27H2,1,3-7H3,(H,28,29)/b19-17+,20-18+,21-10-. The molecule has 1 rings (SSSR count). The Morgan fingerprint density at radius 3 is 2.37 bits per heavy atom. The van der Waals surface area contributed by atoms with E-state index in [0.717, 1.165) is 28.7 Å². The van der Waals surface area contributed by atoms with Crippen molar-refractivity contribution in [2.45, 2.75) is 59.4 Å². The molecule has 164 valence electrons. The van der Waals surface area contributed by atoms with Crippen LogP contribution in [-0.2, 0) is 0 Å². The van der Waals surface area contributed by atoms with Gasteiger partial charge in [-0.1, -0.05) is 68.5 Å². The van der Waals surface area contributed by atoms with Crippen LogP contribution >= 0.6 is 0 Å². The molecule has 0 bridgehead atoms. The Balaban J connectivity index is 3.31. The predicted octanol–water partition coefficient (Wildman–Crippen LogP) is 5.09. The van der Waals surface area contributed by atoms with Crippen molar-refractivity contribution in [3.8, 4) is 0 Å². The minimum atomic E-state index is -0.198. The van der Waals surface area contributed by atoms with Gasteiger partial charge in [-0.05, 0) is 57.2 Å². The summed E-state index contributed by atoms with van der Waals surface area (Å²) in [5.74, 6) is 11.5. The van der Waals surface area contributed by atoms with Crippen molar-refractivity contribution in [1.29, 1.82) is 0 Å². The lowest BCUT2D eigenvalue weighted by molar-refractivity contribution is 0.241. The summed E-state index contributed by atoms with van der Waals surface area (Å²) in [7, 11) is 2.16. The van der Waals surface area contributed by atoms with Crippen LogP contribution in [0.25, 0.3) is 5.57 Å². The number of rotatable bonds is 10. The van der Waals surface area contributed by atoms with Crippen molar-refractivity contribution in [3.05, 3.63) is 77.5 Å². The summed E-state index contributed by atoms with van der Waals surface area (Å²) in [6.45, 7) is 14.9.